The predicted molar refractivity (Wildman–Crippen MR) is 44.8 cm³/mol. The molecule has 0 bridgehead atoms. The quantitative estimate of drug-likeness (QED) is 0.380. The van der Waals surface area contributed by atoms with Crippen LogP contribution in [0.25, 0.3) is 0 Å². The summed E-state index contributed by atoms with van der Waals surface area (Å²) in [7, 11) is 0. The fourth-order valence-electron chi connectivity index (χ4n) is 1.28. The largest absolute Gasteiger partial charge is 0.326 e. The van der Waals surface area contributed by atoms with E-state index in [1.165, 1.54) is 4.90 Å². The highest BCUT2D eigenvalue weighted by molar-refractivity contribution is 6.22. The molecule has 1 saturated heterocycles. The number of carbonyl (C=O) groups excluding carboxylic acids is 2. The van der Waals surface area contributed by atoms with Gasteiger partial charge in [0.1, 0.15) is 11.0 Å². The highest BCUT2D eigenvalue weighted by atomic mass is 35.5. The van der Waals surface area contributed by atoms with Crippen molar-refractivity contribution in [2.75, 3.05) is 0 Å². The zero-order valence-corrected chi connectivity index (χ0v) is 7.97. The molecule has 12 heavy (non-hydrogen) atoms. The van der Waals surface area contributed by atoms with Gasteiger partial charge in [0.2, 0.25) is 0 Å². The van der Waals surface area contributed by atoms with Gasteiger partial charge >= 0.3 is 6.03 Å². The summed E-state index contributed by atoms with van der Waals surface area (Å²) in [6.45, 7) is 4.97. The lowest BCUT2D eigenvalue weighted by molar-refractivity contribution is -0.125. The first-order valence-electron chi connectivity index (χ1n) is 3.66. The molecule has 1 aliphatic heterocycles. The summed E-state index contributed by atoms with van der Waals surface area (Å²) in [4.78, 5) is 23.7. The summed E-state index contributed by atoms with van der Waals surface area (Å²) < 4.78 is 0. The number of imide groups is 1. The highest BCUT2D eigenvalue weighted by Gasteiger charge is 2.47. The average Bonchev–Trinajstić information content (AvgIpc) is 2.02. The molecule has 1 atom stereocenters. The molecule has 0 aromatic heterocycles. The molecule has 1 rings (SSSR count). The first-order valence-corrected chi connectivity index (χ1v) is 4.10. The Hall–Kier alpha value is -0.770. The van der Waals surface area contributed by atoms with Crippen LogP contribution in [0.15, 0.2) is 0 Å². The second kappa shape index (κ2) is 2.62. The summed E-state index contributed by atoms with van der Waals surface area (Å²) in [5.41, 5.74) is -1.32. The third kappa shape index (κ3) is 1.16. The predicted octanol–water partition coefficient (Wildman–Crippen LogP) is 0.902. The van der Waals surface area contributed by atoms with Crippen LogP contribution < -0.4 is 5.32 Å². The molecule has 1 N–H and O–H groups in total. The molecule has 5 heteroatoms. The summed E-state index contributed by atoms with van der Waals surface area (Å²) >= 11 is 5.74. The van der Waals surface area contributed by atoms with Crippen LogP contribution in [0, 0.1) is 0 Å². The maximum Gasteiger partial charge on any atom is 0.326 e. The van der Waals surface area contributed by atoms with E-state index >= 15 is 0 Å². The van der Waals surface area contributed by atoms with Crippen molar-refractivity contribution in [3.8, 4) is 0 Å². The van der Waals surface area contributed by atoms with Crippen molar-refractivity contribution in [3.05, 3.63) is 0 Å². The number of nitrogens with zero attached hydrogens (tertiary/aromatic N) is 1. The molecule has 1 aliphatic rings. The first kappa shape index (κ1) is 9.32. The molecule has 0 aromatic rings. The molecule has 0 radical (unpaired) electrons. The van der Waals surface area contributed by atoms with E-state index in [-0.39, 0.29) is 5.91 Å². The number of hydrogen-bond acceptors (Lipinski definition) is 2. The summed E-state index contributed by atoms with van der Waals surface area (Å²) in [5.74, 6) is -0.306. The SMILES string of the molecule is CC(Cl)N1C(=O)NC(=O)C1(C)C. The zero-order chi connectivity index (χ0) is 9.52. The van der Waals surface area contributed by atoms with Crippen LogP contribution in [0.5, 0.6) is 0 Å². The first-order chi connectivity index (χ1) is 5.37. The van der Waals surface area contributed by atoms with Crippen LogP contribution in [-0.4, -0.2) is 27.9 Å². The molecule has 4 nitrogen and oxygen atoms in total. The Kier molecular flexibility index (Phi) is 2.04. The highest BCUT2D eigenvalue weighted by Crippen LogP contribution is 2.24. The third-order valence-corrected chi connectivity index (χ3v) is 2.15. The van der Waals surface area contributed by atoms with Gasteiger partial charge in [0, 0.05) is 0 Å². The van der Waals surface area contributed by atoms with Gasteiger partial charge in [-0.25, -0.2) is 4.79 Å². The molecule has 0 aliphatic carbocycles. The van der Waals surface area contributed by atoms with Crippen LogP contribution in [0.2, 0.25) is 0 Å². The smallest absolute Gasteiger partial charge is 0.294 e. The van der Waals surface area contributed by atoms with Gasteiger partial charge in [-0.05, 0) is 20.8 Å². The Bertz CT molecular complexity index is 238. The topological polar surface area (TPSA) is 49.4 Å². The number of urea groups is 1. The van der Waals surface area contributed by atoms with Crippen LogP contribution in [0.3, 0.4) is 0 Å². The molecule has 1 fully saturated rings. The van der Waals surface area contributed by atoms with Gasteiger partial charge in [0.05, 0.1) is 0 Å². The molecule has 68 valence electrons. The lowest BCUT2D eigenvalue weighted by Gasteiger charge is -2.29. The minimum atomic E-state index is -0.835. The molecule has 0 spiro atoms. The van der Waals surface area contributed by atoms with Gasteiger partial charge in [0.15, 0.2) is 0 Å². The Balaban J connectivity index is 2.99. The molecular weight excluding hydrogens is 180 g/mol. The Labute approximate surface area is 75.9 Å². The van der Waals surface area contributed by atoms with Gasteiger partial charge in [-0.1, -0.05) is 11.6 Å². The van der Waals surface area contributed by atoms with Gasteiger partial charge in [0.25, 0.3) is 5.91 Å². The monoisotopic (exact) mass is 190 g/mol. The van der Waals surface area contributed by atoms with Gasteiger partial charge in [-0.15, -0.1) is 0 Å². The van der Waals surface area contributed by atoms with Crippen LogP contribution in [0.4, 0.5) is 4.79 Å². The third-order valence-electron chi connectivity index (χ3n) is 1.95. The van der Waals surface area contributed by atoms with E-state index in [4.69, 9.17) is 11.6 Å². The zero-order valence-electron chi connectivity index (χ0n) is 7.22. The molecule has 0 saturated carbocycles. The molecule has 3 amide bonds. The standard InChI is InChI=1S/C7H11ClN2O2/c1-4(8)10-6(12)9-5(11)7(10,2)3/h4H,1-3H3,(H,9,11,12). The fraction of sp³-hybridized carbons (Fsp3) is 0.714. The minimum absolute atomic E-state index is 0.306. The van der Waals surface area contributed by atoms with Gasteiger partial charge < -0.3 is 0 Å². The molecule has 0 aromatic carbocycles. The second-order valence-electron chi connectivity index (χ2n) is 3.26. The van der Waals surface area contributed by atoms with Crippen molar-refractivity contribution in [2.24, 2.45) is 0 Å². The molecular formula is C7H11ClN2O2. The van der Waals surface area contributed by atoms with Gasteiger partial charge in [-0.2, -0.15) is 0 Å². The van der Waals surface area contributed by atoms with E-state index in [0.717, 1.165) is 0 Å². The van der Waals surface area contributed by atoms with E-state index in [1.54, 1.807) is 20.8 Å². The minimum Gasteiger partial charge on any atom is -0.294 e. The summed E-state index contributed by atoms with van der Waals surface area (Å²) in [6.07, 6.45) is 0. The number of rotatable bonds is 1. The Morgan fingerprint density at radius 3 is 2.17 bits per heavy atom. The van der Waals surface area contributed by atoms with Crippen LogP contribution in [-0.2, 0) is 4.79 Å². The van der Waals surface area contributed by atoms with Crippen LogP contribution >= 0.6 is 11.6 Å². The number of carbonyl (C=O) groups is 2. The maximum atomic E-state index is 11.2. The number of nitrogens with one attached hydrogen (secondary N) is 1. The number of amides is 3. The molecule has 1 unspecified atom stereocenters. The van der Waals surface area contributed by atoms with Crippen molar-refractivity contribution in [1.82, 2.24) is 10.2 Å². The fourth-order valence-corrected chi connectivity index (χ4v) is 1.61. The van der Waals surface area contributed by atoms with Crippen molar-refractivity contribution < 1.29 is 9.59 Å². The average molecular weight is 191 g/mol. The van der Waals surface area contributed by atoms with E-state index in [2.05, 4.69) is 5.32 Å². The number of halogens is 1. The van der Waals surface area contributed by atoms with Gasteiger partial charge in [-0.3, -0.25) is 15.0 Å². The van der Waals surface area contributed by atoms with E-state index in [1.807, 2.05) is 0 Å². The Morgan fingerprint density at radius 1 is 1.50 bits per heavy atom. The van der Waals surface area contributed by atoms with Crippen molar-refractivity contribution >= 4 is 23.5 Å². The number of hydrogen-bond donors (Lipinski definition) is 1. The lowest BCUT2D eigenvalue weighted by Crippen LogP contribution is -2.47. The maximum absolute atomic E-state index is 11.2. The van der Waals surface area contributed by atoms with Crippen LogP contribution in [0.1, 0.15) is 20.8 Å². The second-order valence-corrected chi connectivity index (χ2v) is 3.89. The normalized spacial score (nSPS) is 24.2. The van der Waals surface area contributed by atoms with E-state index < -0.39 is 17.1 Å². The number of alkyl halides is 1. The summed E-state index contributed by atoms with van der Waals surface area (Å²) in [5, 5.41) is 2.20. The van der Waals surface area contributed by atoms with Crippen molar-refractivity contribution in [2.45, 2.75) is 31.8 Å². The summed E-state index contributed by atoms with van der Waals surface area (Å²) in [6, 6.07) is -0.424. The van der Waals surface area contributed by atoms with Crippen molar-refractivity contribution in [1.29, 1.82) is 0 Å². The van der Waals surface area contributed by atoms with Crippen molar-refractivity contribution in [3.63, 3.8) is 0 Å². The van der Waals surface area contributed by atoms with E-state index in [0.29, 0.717) is 0 Å². The van der Waals surface area contributed by atoms with E-state index in [9.17, 15) is 9.59 Å². The lowest BCUT2D eigenvalue weighted by atomic mass is 10.1. The Morgan fingerprint density at radius 2 is 2.00 bits per heavy atom. The molecule has 1 heterocycles.